The van der Waals surface area contributed by atoms with E-state index < -0.39 is 0 Å². The summed E-state index contributed by atoms with van der Waals surface area (Å²) in [6.07, 6.45) is 0. The van der Waals surface area contributed by atoms with Gasteiger partial charge in [-0.1, -0.05) is 12.1 Å². The third-order valence-corrected chi connectivity index (χ3v) is 2.64. The van der Waals surface area contributed by atoms with Crippen molar-refractivity contribution in [1.29, 1.82) is 0 Å². The number of hydrogen-bond acceptors (Lipinski definition) is 4. The topological polar surface area (TPSA) is 81.0 Å². The molecule has 1 aromatic carbocycles. The van der Waals surface area contributed by atoms with E-state index in [-0.39, 0.29) is 18.2 Å². The van der Waals surface area contributed by atoms with E-state index in [1.807, 2.05) is 31.2 Å². The molecule has 0 radical (unpaired) electrons. The zero-order valence-corrected chi connectivity index (χ0v) is 11.0. The fourth-order valence-electron chi connectivity index (χ4n) is 1.69. The smallest absolute Gasteiger partial charge is 0.251 e. The molecule has 1 unspecified atom stereocenters. The van der Waals surface area contributed by atoms with Gasteiger partial charge in [-0.25, -0.2) is 4.98 Å². The van der Waals surface area contributed by atoms with Crippen LogP contribution in [0.1, 0.15) is 30.0 Å². The Morgan fingerprint density at radius 3 is 2.89 bits per heavy atom. The zero-order valence-electron chi connectivity index (χ0n) is 11.0. The first-order valence-corrected chi connectivity index (χ1v) is 6.10. The van der Waals surface area contributed by atoms with Gasteiger partial charge >= 0.3 is 0 Å². The van der Waals surface area contributed by atoms with E-state index in [0.29, 0.717) is 11.5 Å². The summed E-state index contributed by atoms with van der Waals surface area (Å²) in [6.45, 7) is 3.98. The van der Waals surface area contributed by atoms with Crippen LogP contribution in [0.3, 0.4) is 0 Å². The van der Waals surface area contributed by atoms with Crippen molar-refractivity contribution in [3.63, 3.8) is 0 Å². The molecule has 100 valence electrons. The molecule has 0 saturated carbocycles. The van der Waals surface area contributed by atoms with Crippen molar-refractivity contribution in [2.45, 2.75) is 26.5 Å². The van der Waals surface area contributed by atoms with Gasteiger partial charge in [-0.05, 0) is 31.5 Å². The summed E-state index contributed by atoms with van der Waals surface area (Å²) in [4.78, 5) is 18.4. The van der Waals surface area contributed by atoms with E-state index in [1.165, 1.54) is 6.07 Å². The molecule has 0 fully saturated rings. The molecule has 2 rings (SSSR count). The van der Waals surface area contributed by atoms with Gasteiger partial charge in [0.15, 0.2) is 0 Å². The summed E-state index contributed by atoms with van der Waals surface area (Å²) in [5.41, 5.74) is 7.18. The van der Waals surface area contributed by atoms with Gasteiger partial charge in [-0.3, -0.25) is 4.79 Å². The maximum atomic E-state index is 11.5. The Labute approximate surface area is 111 Å². The lowest BCUT2D eigenvalue weighted by atomic mass is 10.2. The van der Waals surface area contributed by atoms with Crippen molar-refractivity contribution in [2.24, 2.45) is 5.73 Å². The number of rotatable bonds is 4. The van der Waals surface area contributed by atoms with Crippen molar-refractivity contribution >= 4 is 0 Å². The number of H-pyrrole nitrogens is 1. The molecule has 19 heavy (non-hydrogen) atoms. The van der Waals surface area contributed by atoms with Crippen molar-refractivity contribution in [1.82, 2.24) is 9.97 Å². The van der Waals surface area contributed by atoms with Gasteiger partial charge in [0.1, 0.15) is 18.2 Å². The average Bonchev–Trinajstić information content (AvgIpc) is 2.36. The normalized spacial score (nSPS) is 12.2. The van der Waals surface area contributed by atoms with E-state index in [0.717, 1.165) is 11.3 Å². The van der Waals surface area contributed by atoms with Gasteiger partial charge < -0.3 is 15.5 Å². The van der Waals surface area contributed by atoms with Crippen LogP contribution in [0.25, 0.3) is 0 Å². The number of nitrogens with zero attached hydrogens (tertiary/aromatic N) is 1. The number of aromatic nitrogens is 2. The first-order chi connectivity index (χ1) is 9.04. The second-order valence-electron chi connectivity index (χ2n) is 4.51. The van der Waals surface area contributed by atoms with Crippen molar-refractivity contribution < 1.29 is 4.74 Å². The number of hydrogen-bond donors (Lipinski definition) is 2. The molecule has 0 aliphatic rings. The summed E-state index contributed by atoms with van der Waals surface area (Å²) in [5, 5.41) is 0. The van der Waals surface area contributed by atoms with Crippen molar-refractivity contribution in [2.75, 3.05) is 0 Å². The van der Waals surface area contributed by atoms with Crippen LogP contribution in [-0.2, 0) is 6.61 Å². The van der Waals surface area contributed by atoms with Gasteiger partial charge in [-0.15, -0.1) is 0 Å². The molecule has 0 aliphatic carbocycles. The van der Waals surface area contributed by atoms with E-state index in [2.05, 4.69) is 9.97 Å². The Hall–Kier alpha value is -2.14. The van der Waals surface area contributed by atoms with E-state index >= 15 is 0 Å². The second-order valence-corrected chi connectivity index (χ2v) is 4.51. The zero-order chi connectivity index (χ0) is 13.8. The lowest BCUT2D eigenvalue weighted by Gasteiger charge is -2.09. The van der Waals surface area contributed by atoms with Crippen LogP contribution < -0.4 is 16.0 Å². The fourth-order valence-corrected chi connectivity index (χ4v) is 1.69. The van der Waals surface area contributed by atoms with Gasteiger partial charge in [0.2, 0.25) is 0 Å². The molecule has 0 saturated heterocycles. The van der Waals surface area contributed by atoms with Crippen LogP contribution in [-0.4, -0.2) is 9.97 Å². The number of nitrogens with two attached hydrogens (primary N) is 1. The highest BCUT2D eigenvalue weighted by Crippen LogP contribution is 2.13. The van der Waals surface area contributed by atoms with E-state index in [9.17, 15) is 4.79 Å². The second kappa shape index (κ2) is 5.67. The number of ether oxygens (including phenoxy) is 1. The molecule has 2 aromatic rings. The number of nitrogens with one attached hydrogen (secondary N) is 1. The first-order valence-electron chi connectivity index (χ1n) is 6.10. The van der Waals surface area contributed by atoms with Gasteiger partial charge in [0.25, 0.3) is 5.56 Å². The highest BCUT2D eigenvalue weighted by molar-refractivity contribution is 5.27. The minimum Gasteiger partial charge on any atom is -0.486 e. The van der Waals surface area contributed by atoms with E-state index in [1.54, 1.807) is 6.92 Å². The maximum absolute atomic E-state index is 11.5. The van der Waals surface area contributed by atoms with Crippen LogP contribution in [0, 0.1) is 6.92 Å². The molecular weight excluding hydrogens is 242 g/mol. The van der Waals surface area contributed by atoms with Crippen LogP contribution in [0.2, 0.25) is 0 Å². The van der Waals surface area contributed by atoms with Crippen LogP contribution in [0.4, 0.5) is 0 Å². The quantitative estimate of drug-likeness (QED) is 0.875. The Morgan fingerprint density at radius 1 is 1.42 bits per heavy atom. The molecule has 5 heteroatoms. The molecule has 0 amide bonds. The summed E-state index contributed by atoms with van der Waals surface area (Å²) in [5.74, 6) is 1.22. The third-order valence-electron chi connectivity index (χ3n) is 2.64. The van der Waals surface area contributed by atoms with Gasteiger partial charge in [0.05, 0.1) is 5.69 Å². The molecule has 1 aromatic heterocycles. The molecule has 1 heterocycles. The first kappa shape index (κ1) is 13.3. The lowest BCUT2D eigenvalue weighted by molar-refractivity contribution is 0.294. The SMILES string of the molecule is Cc1cccc(OCc2nc(C(C)N)cc(=O)[nH]2)c1. The predicted octanol–water partition coefficient (Wildman–Crippen LogP) is 1.68. The predicted molar refractivity (Wildman–Crippen MR) is 73.0 cm³/mol. The van der Waals surface area contributed by atoms with Crippen LogP contribution >= 0.6 is 0 Å². The van der Waals surface area contributed by atoms with Crippen molar-refractivity contribution in [3.8, 4) is 5.75 Å². The minimum absolute atomic E-state index is 0.208. The average molecular weight is 259 g/mol. The number of aromatic amines is 1. The standard InChI is InChI=1S/C14H17N3O2/c1-9-4-3-5-11(6-9)19-8-13-16-12(10(2)15)7-14(18)17-13/h3-7,10H,8,15H2,1-2H3,(H,16,17,18). The third kappa shape index (κ3) is 3.66. The number of aryl methyl sites for hydroxylation is 1. The summed E-state index contributed by atoms with van der Waals surface area (Å²) in [6, 6.07) is 8.82. The molecule has 3 N–H and O–H groups in total. The maximum Gasteiger partial charge on any atom is 0.251 e. The molecule has 1 atom stereocenters. The fraction of sp³-hybridized carbons (Fsp3) is 0.286. The summed E-state index contributed by atoms with van der Waals surface area (Å²) in [7, 11) is 0. The highest BCUT2D eigenvalue weighted by Gasteiger charge is 2.06. The van der Waals surface area contributed by atoms with Gasteiger partial charge in [-0.2, -0.15) is 0 Å². The van der Waals surface area contributed by atoms with Crippen molar-refractivity contribution in [3.05, 3.63) is 57.8 Å². The molecular formula is C14H17N3O2. The van der Waals surface area contributed by atoms with Crippen LogP contribution in [0.5, 0.6) is 5.75 Å². The van der Waals surface area contributed by atoms with Gasteiger partial charge in [0, 0.05) is 12.1 Å². The summed E-state index contributed by atoms with van der Waals surface area (Å²) >= 11 is 0. The lowest BCUT2D eigenvalue weighted by Crippen LogP contribution is -2.18. The molecule has 5 nitrogen and oxygen atoms in total. The molecule has 0 spiro atoms. The Morgan fingerprint density at radius 2 is 2.21 bits per heavy atom. The van der Waals surface area contributed by atoms with E-state index in [4.69, 9.17) is 10.5 Å². The minimum atomic E-state index is -0.278. The Bertz CT molecular complexity index is 620. The number of benzene rings is 1. The molecule has 0 aliphatic heterocycles. The Balaban J connectivity index is 2.13. The largest absolute Gasteiger partial charge is 0.486 e. The Kier molecular flexibility index (Phi) is 3.97. The molecule has 0 bridgehead atoms. The highest BCUT2D eigenvalue weighted by atomic mass is 16.5. The monoisotopic (exact) mass is 259 g/mol. The van der Waals surface area contributed by atoms with Crippen LogP contribution in [0.15, 0.2) is 35.1 Å². The summed E-state index contributed by atoms with van der Waals surface area (Å²) < 4.78 is 5.59.